The molecule has 0 saturated heterocycles. The van der Waals surface area contributed by atoms with Crippen LogP contribution in [0.2, 0.25) is 0 Å². The second kappa shape index (κ2) is 11.6. The van der Waals surface area contributed by atoms with Crippen LogP contribution in [-0.4, -0.2) is 26.4 Å². The van der Waals surface area contributed by atoms with E-state index in [-0.39, 0.29) is 0 Å². The number of aryl methyl sites for hydroxylation is 2. The highest BCUT2D eigenvalue weighted by Gasteiger charge is 1.95. The maximum Gasteiger partial charge on any atom is 0.327 e. The second-order valence-corrected chi connectivity index (χ2v) is 4.78. The van der Waals surface area contributed by atoms with Gasteiger partial charge in [0.25, 0.3) is 0 Å². The van der Waals surface area contributed by atoms with Gasteiger partial charge in [0.15, 0.2) is 0 Å². The Bertz CT molecular complexity index is 293. The summed E-state index contributed by atoms with van der Waals surface area (Å²) in [6.07, 6.45) is 7.49. The standard InChI is InChI=1S/C8H14N2.C4H11O3P/c1-3-4-5-8-6-9-7(2)10-8;1-2-3-4-7-8(5)6/h6H,3-5H2,1-2H3,(H,9,10);5-6H,2-4H2,1H3. The number of aromatic nitrogens is 2. The minimum atomic E-state index is -2.11. The monoisotopic (exact) mass is 276 g/mol. The Morgan fingerprint density at radius 1 is 1.28 bits per heavy atom. The van der Waals surface area contributed by atoms with E-state index in [1.807, 2.05) is 20.0 Å². The van der Waals surface area contributed by atoms with Gasteiger partial charge in [0, 0.05) is 6.20 Å². The van der Waals surface area contributed by atoms with Crippen LogP contribution in [0.5, 0.6) is 0 Å². The molecule has 0 bridgehead atoms. The van der Waals surface area contributed by atoms with Crippen molar-refractivity contribution in [1.29, 1.82) is 0 Å². The van der Waals surface area contributed by atoms with Gasteiger partial charge >= 0.3 is 8.60 Å². The first-order valence-electron chi connectivity index (χ1n) is 6.41. The van der Waals surface area contributed by atoms with E-state index in [1.54, 1.807) is 0 Å². The molecule has 1 aromatic heterocycles. The van der Waals surface area contributed by atoms with Gasteiger partial charge in [0.05, 0.1) is 12.3 Å². The molecular weight excluding hydrogens is 251 g/mol. The molecule has 0 amide bonds. The molecule has 1 rings (SSSR count). The average molecular weight is 276 g/mol. The van der Waals surface area contributed by atoms with Gasteiger partial charge in [-0.25, -0.2) is 4.98 Å². The quantitative estimate of drug-likeness (QED) is 0.528. The van der Waals surface area contributed by atoms with Crippen LogP contribution in [-0.2, 0) is 10.9 Å². The molecule has 3 N–H and O–H groups in total. The maximum absolute atomic E-state index is 8.18. The molecular formula is C12H25N2O3P. The van der Waals surface area contributed by atoms with Crippen molar-refractivity contribution in [2.75, 3.05) is 6.61 Å². The zero-order chi connectivity index (χ0) is 13.8. The fourth-order valence-corrected chi connectivity index (χ4v) is 1.54. The van der Waals surface area contributed by atoms with Gasteiger partial charge in [-0.1, -0.05) is 26.7 Å². The molecule has 106 valence electrons. The van der Waals surface area contributed by atoms with Gasteiger partial charge in [-0.2, -0.15) is 0 Å². The predicted octanol–water partition coefficient (Wildman–Crippen LogP) is 3.08. The van der Waals surface area contributed by atoms with Crippen LogP contribution in [0.15, 0.2) is 6.20 Å². The third-order valence-corrected chi connectivity index (χ3v) is 2.66. The minimum Gasteiger partial charge on any atom is -0.349 e. The molecule has 0 aliphatic carbocycles. The summed E-state index contributed by atoms with van der Waals surface area (Å²) in [7, 11) is -2.11. The highest BCUT2D eigenvalue weighted by Crippen LogP contribution is 2.23. The highest BCUT2D eigenvalue weighted by molar-refractivity contribution is 7.39. The maximum atomic E-state index is 8.18. The van der Waals surface area contributed by atoms with E-state index in [0.29, 0.717) is 6.61 Å². The Hall–Kier alpha value is -0.480. The summed E-state index contributed by atoms with van der Waals surface area (Å²) in [5.41, 5.74) is 1.19. The van der Waals surface area contributed by atoms with E-state index >= 15 is 0 Å². The Kier molecular flexibility index (Phi) is 11.3. The topological polar surface area (TPSA) is 78.4 Å². The number of imidazole rings is 1. The molecule has 0 radical (unpaired) electrons. The number of unbranched alkanes of at least 4 members (excludes halogenated alkanes) is 2. The molecule has 0 saturated carbocycles. The Balaban J connectivity index is 0.000000331. The van der Waals surface area contributed by atoms with Crippen LogP contribution in [0.25, 0.3) is 0 Å². The van der Waals surface area contributed by atoms with E-state index < -0.39 is 8.60 Å². The lowest BCUT2D eigenvalue weighted by atomic mass is 10.2. The van der Waals surface area contributed by atoms with Crippen LogP contribution in [0, 0.1) is 6.92 Å². The van der Waals surface area contributed by atoms with Gasteiger partial charge in [-0.15, -0.1) is 0 Å². The predicted molar refractivity (Wildman–Crippen MR) is 74.2 cm³/mol. The van der Waals surface area contributed by atoms with E-state index in [2.05, 4.69) is 21.4 Å². The first-order chi connectivity index (χ1) is 8.60. The highest BCUT2D eigenvalue weighted by atomic mass is 31.2. The molecule has 0 aliphatic heterocycles. The molecule has 6 heteroatoms. The first kappa shape index (κ1) is 17.5. The normalized spacial score (nSPS) is 10.3. The Labute approximate surface area is 111 Å². The number of aromatic amines is 1. The Morgan fingerprint density at radius 3 is 2.39 bits per heavy atom. The van der Waals surface area contributed by atoms with Crippen molar-refractivity contribution in [2.45, 2.75) is 52.9 Å². The molecule has 0 aromatic carbocycles. The number of nitrogens with one attached hydrogen (secondary N) is 1. The van der Waals surface area contributed by atoms with Crippen LogP contribution >= 0.6 is 8.60 Å². The van der Waals surface area contributed by atoms with Crippen molar-refractivity contribution in [3.8, 4) is 0 Å². The summed E-state index contributed by atoms with van der Waals surface area (Å²) < 4.78 is 4.46. The van der Waals surface area contributed by atoms with Crippen molar-refractivity contribution in [1.82, 2.24) is 9.97 Å². The molecule has 0 unspecified atom stereocenters. The number of nitrogens with zero attached hydrogens (tertiary/aromatic N) is 1. The van der Waals surface area contributed by atoms with Crippen molar-refractivity contribution in [2.24, 2.45) is 0 Å². The summed E-state index contributed by atoms with van der Waals surface area (Å²) in [6, 6.07) is 0. The first-order valence-corrected chi connectivity index (χ1v) is 7.58. The zero-order valence-electron chi connectivity index (χ0n) is 11.5. The van der Waals surface area contributed by atoms with Gasteiger partial charge in [-0.3, -0.25) is 0 Å². The summed E-state index contributed by atoms with van der Waals surface area (Å²) in [5.74, 6) is 1.02. The minimum absolute atomic E-state index is 0.454. The molecule has 1 aromatic rings. The number of hydrogen-bond donors (Lipinski definition) is 3. The molecule has 0 atom stereocenters. The van der Waals surface area contributed by atoms with Gasteiger partial charge in [0.1, 0.15) is 5.82 Å². The third kappa shape index (κ3) is 10.7. The summed E-state index contributed by atoms with van der Waals surface area (Å²) >= 11 is 0. The van der Waals surface area contributed by atoms with Crippen molar-refractivity contribution < 1.29 is 14.3 Å². The molecule has 1 heterocycles. The zero-order valence-corrected chi connectivity index (χ0v) is 12.4. The molecule has 0 aliphatic rings. The lowest BCUT2D eigenvalue weighted by Gasteiger charge is -1.99. The number of rotatable bonds is 7. The molecule has 18 heavy (non-hydrogen) atoms. The lowest BCUT2D eigenvalue weighted by Crippen LogP contribution is -1.86. The fourth-order valence-electron chi connectivity index (χ4n) is 1.24. The van der Waals surface area contributed by atoms with E-state index in [4.69, 9.17) is 9.79 Å². The smallest absolute Gasteiger partial charge is 0.327 e. The third-order valence-electron chi connectivity index (χ3n) is 2.25. The van der Waals surface area contributed by atoms with Gasteiger partial charge in [-0.05, 0) is 26.2 Å². The average Bonchev–Trinajstić information content (AvgIpc) is 2.73. The van der Waals surface area contributed by atoms with Crippen LogP contribution in [0.1, 0.15) is 51.0 Å². The Morgan fingerprint density at radius 2 is 1.94 bits per heavy atom. The molecule has 0 spiro atoms. The second-order valence-electron chi connectivity index (χ2n) is 4.02. The summed E-state index contributed by atoms with van der Waals surface area (Å²) in [4.78, 5) is 23.7. The van der Waals surface area contributed by atoms with Crippen molar-refractivity contribution in [3.63, 3.8) is 0 Å². The summed E-state index contributed by atoms with van der Waals surface area (Å²) in [5, 5.41) is 0. The lowest BCUT2D eigenvalue weighted by molar-refractivity contribution is 0.251. The van der Waals surface area contributed by atoms with E-state index in [9.17, 15) is 0 Å². The van der Waals surface area contributed by atoms with Crippen molar-refractivity contribution in [3.05, 3.63) is 17.7 Å². The largest absolute Gasteiger partial charge is 0.349 e. The van der Waals surface area contributed by atoms with E-state index in [1.165, 1.54) is 18.5 Å². The van der Waals surface area contributed by atoms with Crippen LogP contribution in [0.4, 0.5) is 0 Å². The SMILES string of the molecule is CCCCOP(O)O.CCCCc1c[nH]c(C)n1. The van der Waals surface area contributed by atoms with Gasteiger partial charge in [0.2, 0.25) is 0 Å². The summed E-state index contributed by atoms with van der Waals surface area (Å²) in [6.45, 7) is 6.64. The number of H-pyrrole nitrogens is 1. The van der Waals surface area contributed by atoms with Crippen LogP contribution < -0.4 is 0 Å². The fraction of sp³-hybridized carbons (Fsp3) is 0.750. The van der Waals surface area contributed by atoms with Crippen LogP contribution in [0.3, 0.4) is 0 Å². The molecule has 5 nitrogen and oxygen atoms in total. The number of hydrogen-bond acceptors (Lipinski definition) is 4. The van der Waals surface area contributed by atoms with E-state index in [0.717, 1.165) is 25.1 Å². The van der Waals surface area contributed by atoms with Crippen molar-refractivity contribution >= 4 is 8.60 Å². The van der Waals surface area contributed by atoms with Gasteiger partial charge < -0.3 is 19.3 Å². The molecule has 0 fully saturated rings.